The molecule has 3 aliphatic rings. The van der Waals surface area contributed by atoms with Gasteiger partial charge in [-0.2, -0.15) is 0 Å². The highest BCUT2D eigenvalue weighted by molar-refractivity contribution is 4.81. The van der Waals surface area contributed by atoms with Gasteiger partial charge >= 0.3 is 0 Å². The van der Waals surface area contributed by atoms with Crippen LogP contribution < -0.4 is 0 Å². The Hall–Kier alpha value is -0.0800. The van der Waals surface area contributed by atoms with E-state index >= 15 is 0 Å². The van der Waals surface area contributed by atoms with Crippen LogP contribution >= 0.6 is 0 Å². The number of rotatable bonds is 4. The van der Waals surface area contributed by atoms with Crippen LogP contribution in [-0.4, -0.2) is 36.7 Å². The largest absolute Gasteiger partial charge is 0.375 e. The van der Waals surface area contributed by atoms with E-state index in [0.29, 0.717) is 12.2 Å². The lowest BCUT2D eigenvalue weighted by Gasteiger charge is -2.39. The molecule has 3 rings (SSSR count). The number of hydrogen-bond acceptors (Lipinski definition) is 2. The van der Waals surface area contributed by atoms with E-state index in [9.17, 15) is 0 Å². The van der Waals surface area contributed by atoms with E-state index in [1.807, 2.05) is 0 Å². The van der Waals surface area contributed by atoms with Crippen LogP contribution in [0.25, 0.3) is 0 Å². The molecule has 19 heavy (non-hydrogen) atoms. The van der Waals surface area contributed by atoms with Gasteiger partial charge in [0.25, 0.3) is 0 Å². The zero-order valence-corrected chi connectivity index (χ0v) is 12.7. The second kappa shape index (κ2) is 6.58. The van der Waals surface area contributed by atoms with Crippen LogP contribution in [0.1, 0.15) is 64.7 Å². The Labute approximate surface area is 118 Å². The third-order valence-corrected chi connectivity index (χ3v) is 5.49. The van der Waals surface area contributed by atoms with Crippen LogP contribution in [0.5, 0.6) is 0 Å². The van der Waals surface area contributed by atoms with Crippen LogP contribution in [0.3, 0.4) is 0 Å². The number of hydrogen-bond donors (Lipinski definition) is 0. The third kappa shape index (κ3) is 3.95. The highest BCUT2D eigenvalue weighted by Gasteiger charge is 2.30. The molecule has 1 aliphatic heterocycles. The van der Waals surface area contributed by atoms with Gasteiger partial charge in [-0.05, 0) is 50.4 Å². The lowest BCUT2D eigenvalue weighted by Crippen LogP contribution is -2.42. The Kier molecular flexibility index (Phi) is 4.81. The van der Waals surface area contributed by atoms with Gasteiger partial charge in [0.1, 0.15) is 0 Å². The summed E-state index contributed by atoms with van der Waals surface area (Å²) in [4.78, 5) is 2.71. The molecule has 2 nitrogen and oxygen atoms in total. The molecular formula is C17H31NO. The van der Waals surface area contributed by atoms with Gasteiger partial charge in [0, 0.05) is 19.6 Å². The SMILES string of the molecule is CC1CC(OC2CCN(CC3CCCCC3)CC2)C1. The molecule has 0 spiro atoms. The Morgan fingerprint density at radius 3 is 2.21 bits per heavy atom. The average molecular weight is 265 g/mol. The summed E-state index contributed by atoms with van der Waals surface area (Å²) in [5, 5.41) is 0. The summed E-state index contributed by atoms with van der Waals surface area (Å²) in [5.74, 6) is 1.91. The van der Waals surface area contributed by atoms with Crippen molar-refractivity contribution in [3.05, 3.63) is 0 Å². The Morgan fingerprint density at radius 1 is 0.895 bits per heavy atom. The van der Waals surface area contributed by atoms with Crippen molar-refractivity contribution < 1.29 is 4.74 Å². The van der Waals surface area contributed by atoms with Gasteiger partial charge in [-0.1, -0.05) is 26.2 Å². The standard InChI is InChI=1S/C17H31NO/c1-14-11-17(12-14)19-16-7-9-18(10-8-16)13-15-5-3-2-4-6-15/h14-17H,2-13H2,1H3. The fourth-order valence-corrected chi connectivity index (χ4v) is 4.17. The third-order valence-electron chi connectivity index (χ3n) is 5.49. The van der Waals surface area contributed by atoms with E-state index in [0.717, 1.165) is 11.8 Å². The first-order valence-corrected chi connectivity index (χ1v) is 8.67. The van der Waals surface area contributed by atoms with E-state index in [1.165, 1.54) is 77.4 Å². The van der Waals surface area contributed by atoms with Crippen molar-refractivity contribution in [3.63, 3.8) is 0 Å². The van der Waals surface area contributed by atoms with E-state index in [4.69, 9.17) is 4.74 Å². The molecule has 1 heterocycles. The predicted molar refractivity (Wildman–Crippen MR) is 79.3 cm³/mol. The van der Waals surface area contributed by atoms with Gasteiger partial charge in [-0.3, -0.25) is 0 Å². The summed E-state index contributed by atoms with van der Waals surface area (Å²) >= 11 is 0. The van der Waals surface area contributed by atoms with Gasteiger partial charge in [0.15, 0.2) is 0 Å². The van der Waals surface area contributed by atoms with E-state index in [1.54, 1.807) is 0 Å². The molecule has 0 amide bonds. The second-order valence-corrected chi connectivity index (χ2v) is 7.34. The zero-order valence-electron chi connectivity index (χ0n) is 12.7. The van der Waals surface area contributed by atoms with Gasteiger partial charge in [-0.25, -0.2) is 0 Å². The molecule has 0 aromatic rings. The molecule has 110 valence electrons. The summed E-state index contributed by atoms with van der Waals surface area (Å²) in [6.45, 7) is 6.27. The molecule has 0 aromatic carbocycles. The van der Waals surface area contributed by atoms with E-state index in [-0.39, 0.29) is 0 Å². The molecule has 2 heteroatoms. The van der Waals surface area contributed by atoms with Crippen molar-refractivity contribution in [2.24, 2.45) is 11.8 Å². The Bertz CT molecular complexity index is 260. The molecular weight excluding hydrogens is 234 g/mol. The Morgan fingerprint density at radius 2 is 1.58 bits per heavy atom. The van der Waals surface area contributed by atoms with Crippen molar-refractivity contribution >= 4 is 0 Å². The first-order chi connectivity index (χ1) is 9.29. The highest BCUT2D eigenvalue weighted by Crippen LogP contribution is 2.32. The van der Waals surface area contributed by atoms with Gasteiger partial charge in [0.05, 0.1) is 12.2 Å². The minimum Gasteiger partial charge on any atom is -0.375 e. The molecule has 0 bridgehead atoms. The summed E-state index contributed by atoms with van der Waals surface area (Å²) < 4.78 is 6.21. The van der Waals surface area contributed by atoms with E-state index in [2.05, 4.69) is 11.8 Å². The first-order valence-electron chi connectivity index (χ1n) is 8.67. The Balaban J connectivity index is 1.32. The fraction of sp³-hybridized carbons (Fsp3) is 1.00. The highest BCUT2D eigenvalue weighted by atomic mass is 16.5. The maximum Gasteiger partial charge on any atom is 0.0603 e. The van der Waals surface area contributed by atoms with Crippen molar-refractivity contribution in [2.45, 2.75) is 76.9 Å². The van der Waals surface area contributed by atoms with Crippen molar-refractivity contribution in [3.8, 4) is 0 Å². The van der Waals surface area contributed by atoms with Gasteiger partial charge < -0.3 is 9.64 Å². The topological polar surface area (TPSA) is 12.5 Å². The van der Waals surface area contributed by atoms with Crippen molar-refractivity contribution in [1.29, 1.82) is 0 Å². The van der Waals surface area contributed by atoms with Crippen LogP contribution in [-0.2, 0) is 4.74 Å². The maximum atomic E-state index is 6.21. The lowest BCUT2D eigenvalue weighted by molar-refractivity contribution is -0.0914. The number of ether oxygens (including phenoxy) is 1. The van der Waals surface area contributed by atoms with Crippen LogP contribution in [0, 0.1) is 11.8 Å². The summed E-state index contributed by atoms with van der Waals surface area (Å²) in [6, 6.07) is 0. The number of piperidine rings is 1. The number of likely N-dealkylation sites (tertiary alicyclic amines) is 1. The molecule has 3 fully saturated rings. The maximum absolute atomic E-state index is 6.21. The quantitative estimate of drug-likeness (QED) is 0.765. The minimum atomic E-state index is 0.570. The molecule has 0 unspecified atom stereocenters. The fourth-order valence-electron chi connectivity index (χ4n) is 4.17. The molecule has 0 radical (unpaired) electrons. The summed E-state index contributed by atoms with van der Waals surface area (Å²) in [7, 11) is 0. The van der Waals surface area contributed by atoms with Crippen LogP contribution in [0.2, 0.25) is 0 Å². The monoisotopic (exact) mass is 265 g/mol. The predicted octanol–water partition coefficient (Wildman–Crippen LogP) is 3.85. The molecule has 1 saturated heterocycles. The molecule has 0 atom stereocenters. The van der Waals surface area contributed by atoms with Crippen molar-refractivity contribution in [1.82, 2.24) is 4.90 Å². The molecule has 2 saturated carbocycles. The van der Waals surface area contributed by atoms with Crippen LogP contribution in [0.15, 0.2) is 0 Å². The van der Waals surface area contributed by atoms with Crippen molar-refractivity contribution in [2.75, 3.05) is 19.6 Å². The normalized spacial score (nSPS) is 35.2. The summed E-state index contributed by atoms with van der Waals surface area (Å²) in [5.41, 5.74) is 0. The molecule has 0 aromatic heterocycles. The van der Waals surface area contributed by atoms with Gasteiger partial charge in [-0.15, -0.1) is 0 Å². The average Bonchev–Trinajstić information content (AvgIpc) is 2.40. The second-order valence-electron chi connectivity index (χ2n) is 7.34. The zero-order chi connectivity index (χ0) is 13.1. The van der Waals surface area contributed by atoms with Gasteiger partial charge in [0.2, 0.25) is 0 Å². The molecule has 2 aliphatic carbocycles. The smallest absolute Gasteiger partial charge is 0.0603 e. The van der Waals surface area contributed by atoms with E-state index < -0.39 is 0 Å². The minimum absolute atomic E-state index is 0.570. The molecule has 0 N–H and O–H groups in total. The van der Waals surface area contributed by atoms with Crippen LogP contribution in [0.4, 0.5) is 0 Å². The lowest BCUT2D eigenvalue weighted by atomic mass is 9.84. The first kappa shape index (κ1) is 13.9. The summed E-state index contributed by atoms with van der Waals surface area (Å²) in [6.07, 6.45) is 13.7. The number of nitrogens with zero attached hydrogens (tertiary/aromatic N) is 1.